The highest BCUT2D eigenvalue weighted by Crippen LogP contribution is 2.33. The van der Waals surface area contributed by atoms with Gasteiger partial charge in [-0.25, -0.2) is 0 Å². The molecular formula is C17H13ClN2O4S2. The van der Waals surface area contributed by atoms with Crippen molar-refractivity contribution in [2.45, 2.75) is 6.42 Å². The first-order chi connectivity index (χ1) is 12.4. The molecule has 3 rings (SSSR count). The van der Waals surface area contributed by atoms with Gasteiger partial charge in [-0.3, -0.25) is 14.5 Å². The fraction of sp³-hybridized carbons (Fsp3) is 0.118. The van der Waals surface area contributed by atoms with Crippen LogP contribution in [0.3, 0.4) is 0 Å². The topological polar surface area (TPSA) is 82.8 Å². The quantitative estimate of drug-likeness (QED) is 0.444. The van der Waals surface area contributed by atoms with Crippen molar-refractivity contribution in [3.8, 4) is 5.75 Å². The number of hydrogen-bond donors (Lipinski definition) is 2. The maximum atomic E-state index is 12.4. The molecule has 0 spiro atoms. The molecule has 1 saturated heterocycles. The van der Waals surface area contributed by atoms with Crippen LogP contribution >= 0.6 is 35.6 Å². The Balaban J connectivity index is 1.60. The number of hydrogen-bond acceptors (Lipinski definition) is 6. The Kier molecular flexibility index (Phi) is 5.65. The molecule has 0 saturated carbocycles. The minimum atomic E-state index is -0.369. The van der Waals surface area contributed by atoms with E-state index in [-0.39, 0.29) is 36.2 Å². The number of aromatic hydroxyl groups is 1. The van der Waals surface area contributed by atoms with Crippen LogP contribution in [-0.2, 0) is 9.59 Å². The average Bonchev–Trinajstić information content (AvgIpc) is 3.19. The molecule has 2 heterocycles. The van der Waals surface area contributed by atoms with Gasteiger partial charge in [0, 0.05) is 24.1 Å². The van der Waals surface area contributed by atoms with Crippen LogP contribution in [0.1, 0.15) is 12.2 Å². The Morgan fingerprint density at radius 3 is 2.96 bits per heavy atom. The van der Waals surface area contributed by atoms with E-state index in [9.17, 15) is 14.7 Å². The first-order valence-electron chi connectivity index (χ1n) is 7.51. The second-order valence-electron chi connectivity index (χ2n) is 5.31. The molecule has 1 fully saturated rings. The standard InChI is InChI=1S/C17H13ClN2O4S2/c18-10-3-4-13(21)12(8-10)19-15(22)5-6-20-16(23)14(26-17(20)25)9-11-2-1-7-24-11/h1-4,7-9,21H,5-6H2,(H,19,22). The Labute approximate surface area is 163 Å². The maximum Gasteiger partial charge on any atom is 0.266 e. The van der Waals surface area contributed by atoms with E-state index in [4.69, 9.17) is 28.2 Å². The van der Waals surface area contributed by atoms with Gasteiger partial charge in [0.05, 0.1) is 16.9 Å². The summed E-state index contributed by atoms with van der Waals surface area (Å²) in [4.78, 5) is 26.3. The molecule has 134 valence electrons. The number of thiocarbonyl (C=S) groups is 1. The van der Waals surface area contributed by atoms with Crippen molar-refractivity contribution in [2.24, 2.45) is 0 Å². The molecule has 0 aliphatic carbocycles. The van der Waals surface area contributed by atoms with Gasteiger partial charge in [0.25, 0.3) is 5.91 Å². The van der Waals surface area contributed by atoms with Gasteiger partial charge in [0.1, 0.15) is 15.8 Å². The van der Waals surface area contributed by atoms with Crippen LogP contribution in [0, 0.1) is 0 Å². The SMILES string of the molecule is O=C(CCN1C(=O)C(=Cc2ccco2)SC1=S)Nc1cc(Cl)ccc1O. The number of thioether (sulfide) groups is 1. The summed E-state index contributed by atoms with van der Waals surface area (Å²) in [7, 11) is 0. The summed E-state index contributed by atoms with van der Waals surface area (Å²) in [5.41, 5.74) is 0.214. The fourth-order valence-electron chi connectivity index (χ4n) is 2.23. The maximum absolute atomic E-state index is 12.4. The van der Waals surface area contributed by atoms with E-state index in [0.717, 1.165) is 11.8 Å². The van der Waals surface area contributed by atoms with E-state index in [0.29, 0.717) is 20.0 Å². The molecule has 2 N–H and O–H groups in total. The number of nitrogens with one attached hydrogen (secondary N) is 1. The van der Waals surface area contributed by atoms with E-state index in [2.05, 4.69) is 5.32 Å². The fourth-order valence-corrected chi connectivity index (χ4v) is 3.69. The molecule has 2 aromatic rings. The highest BCUT2D eigenvalue weighted by atomic mass is 35.5. The van der Waals surface area contributed by atoms with Crippen molar-refractivity contribution in [1.82, 2.24) is 4.90 Å². The van der Waals surface area contributed by atoms with E-state index in [1.54, 1.807) is 18.2 Å². The van der Waals surface area contributed by atoms with Crippen LogP contribution in [0.15, 0.2) is 45.9 Å². The zero-order valence-corrected chi connectivity index (χ0v) is 15.7. The van der Waals surface area contributed by atoms with Crippen LogP contribution < -0.4 is 5.32 Å². The third-order valence-electron chi connectivity index (χ3n) is 3.49. The number of halogens is 1. The summed E-state index contributed by atoms with van der Waals surface area (Å²) in [6.07, 6.45) is 3.15. The minimum Gasteiger partial charge on any atom is -0.506 e. The van der Waals surface area contributed by atoms with Crippen LogP contribution in [0.2, 0.25) is 5.02 Å². The van der Waals surface area contributed by atoms with E-state index < -0.39 is 0 Å². The zero-order chi connectivity index (χ0) is 18.7. The van der Waals surface area contributed by atoms with E-state index in [1.165, 1.54) is 29.4 Å². The van der Waals surface area contributed by atoms with Gasteiger partial charge in [-0.05, 0) is 30.3 Å². The monoisotopic (exact) mass is 408 g/mol. The highest BCUT2D eigenvalue weighted by molar-refractivity contribution is 8.26. The molecule has 9 heteroatoms. The van der Waals surface area contributed by atoms with Gasteiger partial charge >= 0.3 is 0 Å². The van der Waals surface area contributed by atoms with Gasteiger partial charge in [0.2, 0.25) is 5.91 Å². The first-order valence-corrected chi connectivity index (χ1v) is 9.11. The third-order valence-corrected chi connectivity index (χ3v) is 5.10. The molecule has 1 aromatic carbocycles. The molecule has 1 aliphatic heterocycles. The molecule has 26 heavy (non-hydrogen) atoms. The van der Waals surface area contributed by atoms with Gasteiger partial charge in [-0.1, -0.05) is 35.6 Å². The molecule has 6 nitrogen and oxygen atoms in total. The summed E-state index contributed by atoms with van der Waals surface area (Å²) < 4.78 is 5.58. The number of furan rings is 1. The molecule has 0 radical (unpaired) electrons. The second kappa shape index (κ2) is 7.94. The number of phenolic OH excluding ortho intramolecular Hbond substituents is 1. The molecule has 1 aliphatic rings. The molecule has 0 atom stereocenters. The van der Waals surface area contributed by atoms with Gasteiger partial charge in [0.15, 0.2) is 0 Å². The minimum absolute atomic E-state index is 0.0203. The molecule has 0 unspecified atom stereocenters. The number of nitrogens with zero attached hydrogens (tertiary/aromatic N) is 1. The second-order valence-corrected chi connectivity index (χ2v) is 7.42. The van der Waals surface area contributed by atoms with E-state index in [1.807, 2.05) is 0 Å². The lowest BCUT2D eigenvalue weighted by Crippen LogP contribution is -2.31. The summed E-state index contributed by atoms with van der Waals surface area (Å²) in [6, 6.07) is 7.80. The largest absolute Gasteiger partial charge is 0.506 e. The molecule has 2 amide bonds. The lowest BCUT2D eigenvalue weighted by atomic mass is 10.2. The summed E-state index contributed by atoms with van der Waals surface area (Å²) >= 11 is 12.2. The highest BCUT2D eigenvalue weighted by Gasteiger charge is 2.32. The van der Waals surface area contributed by atoms with Crippen LogP contribution in [0.5, 0.6) is 5.75 Å². The number of carbonyl (C=O) groups is 2. The van der Waals surface area contributed by atoms with Gasteiger partial charge < -0.3 is 14.8 Å². The van der Waals surface area contributed by atoms with Gasteiger partial charge in [-0.2, -0.15) is 0 Å². The number of anilines is 1. The van der Waals surface area contributed by atoms with Crippen molar-refractivity contribution < 1.29 is 19.1 Å². The lowest BCUT2D eigenvalue weighted by Gasteiger charge is -2.14. The van der Waals surface area contributed by atoms with Crippen molar-refractivity contribution in [3.05, 3.63) is 52.3 Å². The molecular weight excluding hydrogens is 396 g/mol. The third kappa shape index (κ3) is 4.27. The van der Waals surface area contributed by atoms with E-state index >= 15 is 0 Å². The number of carbonyl (C=O) groups excluding carboxylic acids is 2. The Hall–Kier alpha value is -2.29. The Morgan fingerprint density at radius 2 is 2.23 bits per heavy atom. The van der Waals surface area contributed by atoms with Crippen molar-refractivity contribution in [3.63, 3.8) is 0 Å². The van der Waals surface area contributed by atoms with Crippen molar-refractivity contribution in [1.29, 1.82) is 0 Å². The van der Waals surface area contributed by atoms with Gasteiger partial charge in [-0.15, -0.1) is 0 Å². The van der Waals surface area contributed by atoms with Crippen LogP contribution in [0.25, 0.3) is 6.08 Å². The van der Waals surface area contributed by atoms with Crippen LogP contribution in [-0.4, -0.2) is 32.7 Å². The average molecular weight is 409 g/mol. The first kappa shape index (κ1) is 18.5. The number of amides is 2. The van der Waals surface area contributed by atoms with Crippen molar-refractivity contribution in [2.75, 3.05) is 11.9 Å². The number of rotatable bonds is 5. The molecule has 1 aromatic heterocycles. The smallest absolute Gasteiger partial charge is 0.266 e. The number of phenols is 1. The summed E-state index contributed by atoms with van der Waals surface area (Å²) in [5.74, 6) is -0.171. The predicted octanol–water partition coefficient (Wildman–Crippen LogP) is 3.87. The summed E-state index contributed by atoms with van der Waals surface area (Å²) in [5, 5.41) is 12.7. The predicted molar refractivity (Wildman–Crippen MR) is 105 cm³/mol. The zero-order valence-electron chi connectivity index (χ0n) is 13.3. The summed E-state index contributed by atoms with van der Waals surface area (Å²) in [6.45, 7) is 0.132. The van der Waals surface area contributed by atoms with Crippen molar-refractivity contribution >= 4 is 63.5 Å². The Bertz CT molecular complexity index is 896. The normalized spacial score (nSPS) is 15.7. The molecule has 0 bridgehead atoms. The Morgan fingerprint density at radius 1 is 1.42 bits per heavy atom. The lowest BCUT2D eigenvalue weighted by molar-refractivity contribution is -0.122. The number of benzene rings is 1. The van der Waals surface area contributed by atoms with Crippen LogP contribution in [0.4, 0.5) is 5.69 Å².